The molecule has 2 rings (SSSR count). The molecule has 0 aliphatic carbocycles. The topological polar surface area (TPSA) is 41.7 Å². The minimum atomic E-state index is 0.583. The fourth-order valence-electron chi connectivity index (χ4n) is 2.98. The second-order valence-electron chi connectivity index (χ2n) is 5.91. The number of hydrogen-bond acceptors (Lipinski definition) is 4. The Bertz CT molecular complexity index is 407. The minimum absolute atomic E-state index is 0.583. The van der Waals surface area contributed by atoms with Crippen LogP contribution in [0.15, 0.2) is 24.3 Å². The van der Waals surface area contributed by atoms with Crippen molar-refractivity contribution in [2.45, 2.75) is 32.4 Å². The Morgan fingerprint density at radius 3 is 2.67 bits per heavy atom. The van der Waals surface area contributed by atoms with Gasteiger partial charge in [-0.15, -0.1) is 0 Å². The summed E-state index contributed by atoms with van der Waals surface area (Å²) in [5, 5.41) is 0. The number of ether oxygens (including phenoxy) is 1. The minimum Gasteiger partial charge on any atom is -0.492 e. The van der Waals surface area contributed by atoms with Gasteiger partial charge in [0.15, 0.2) is 0 Å². The summed E-state index contributed by atoms with van der Waals surface area (Å²) in [6, 6.07) is 8.74. The molecule has 0 spiro atoms. The highest BCUT2D eigenvalue weighted by Gasteiger charge is 2.21. The van der Waals surface area contributed by atoms with Gasteiger partial charge in [-0.05, 0) is 50.7 Å². The molecule has 1 fully saturated rings. The van der Waals surface area contributed by atoms with Crippen LogP contribution in [0.1, 0.15) is 25.3 Å². The Morgan fingerprint density at radius 2 is 2.00 bits per heavy atom. The highest BCUT2D eigenvalue weighted by molar-refractivity contribution is 5.27. The van der Waals surface area contributed by atoms with Gasteiger partial charge in [-0.3, -0.25) is 4.90 Å². The van der Waals surface area contributed by atoms with Crippen LogP contribution in [0.3, 0.4) is 0 Å². The molecule has 4 nitrogen and oxygen atoms in total. The summed E-state index contributed by atoms with van der Waals surface area (Å²) in [4.78, 5) is 5.03. The summed E-state index contributed by atoms with van der Waals surface area (Å²) in [6.07, 6.45) is 2.45. The third-order valence-electron chi connectivity index (χ3n) is 4.30. The van der Waals surface area contributed by atoms with Gasteiger partial charge in [0.05, 0.1) is 0 Å². The molecule has 118 valence electrons. The molecule has 1 unspecified atom stereocenters. The lowest BCUT2D eigenvalue weighted by atomic mass is 10.2. The van der Waals surface area contributed by atoms with Gasteiger partial charge in [-0.1, -0.05) is 19.1 Å². The summed E-state index contributed by atoms with van der Waals surface area (Å²) in [7, 11) is 2.22. The molecular formula is C17H29N3O. The van der Waals surface area contributed by atoms with Crippen LogP contribution in [0.5, 0.6) is 5.75 Å². The molecule has 0 bridgehead atoms. The van der Waals surface area contributed by atoms with Gasteiger partial charge in [0.1, 0.15) is 12.4 Å². The Balaban J connectivity index is 1.80. The SMILES string of the molecule is CCC1CN(C)CCCN1CCOc1ccc(CN)cc1. The van der Waals surface area contributed by atoms with E-state index in [0.29, 0.717) is 12.6 Å². The van der Waals surface area contributed by atoms with Crippen molar-refractivity contribution in [1.82, 2.24) is 9.80 Å². The fraction of sp³-hybridized carbons (Fsp3) is 0.647. The number of rotatable bonds is 6. The molecular weight excluding hydrogens is 262 g/mol. The van der Waals surface area contributed by atoms with Crippen LogP contribution in [-0.4, -0.2) is 55.7 Å². The first-order valence-corrected chi connectivity index (χ1v) is 8.07. The lowest BCUT2D eigenvalue weighted by molar-refractivity contribution is 0.152. The van der Waals surface area contributed by atoms with Crippen LogP contribution in [-0.2, 0) is 6.54 Å². The third-order valence-corrected chi connectivity index (χ3v) is 4.30. The van der Waals surface area contributed by atoms with Gasteiger partial charge >= 0.3 is 0 Å². The number of hydrogen-bond donors (Lipinski definition) is 1. The molecule has 1 aromatic carbocycles. The lowest BCUT2D eigenvalue weighted by Crippen LogP contribution is -2.41. The molecule has 1 aliphatic heterocycles. The summed E-state index contributed by atoms with van der Waals surface area (Å²) in [5.74, 6) is 0.937. The van der Waals surface area contributed by atoms with Crippen molar-refractivity contribution in [3.05, 3.63) is 29.8 Å². The third kappa shape index (κ3) is 4.99. The first-order valence-electron chi connectivity index (χ1n) is 8.07. The van der Waals surface area contributed by atoms with Crippen molar-refractivity contribution in [3.8, 4) is 5.75 Å². The van der Waals surface area contributed by atoms with Gasteiger partial charge < -0.3 is 15.4 Å². The second-order valence-corrected chi connectivity index (χ2v) is 5.91. The van der Waals surface area contributed by atoms with Crippen LogP contribution in [0.25, 0.3) is 0 Å². The zero-order chi connectivity index (χ0) is 15.1. The van der Waals surface area contributed by atoms with Gasteiger partial charge in [0.2, 0.25) is 0 Å². The van der Waals surface area contributed by atoms with Crippen molar-refractivity contribution in [2.24, 2.45) is 5.73 Å². The van der Waals surface area contributed by atoms with E-state index in [-0.39, 0.29) is 0 Å². The van der Waals surface area contributed by atoms with Gasteiger partial charge in [-0.2, -0.15) is 0 Å². The molecule has 1 aromatic rings. The quantitative estimate of drug-likeness (QED) is 0.870. The van der Waals surface area contributed by atoms with Gasteiger partial charge in [0.25, 0.3) is 0 Å². The normalized spacial score (nSPS) is 21.2. The predicted molar refractivity (Wildman–Crippen MR) is 87.6 cm³/mol. The smallest absolute Gasteiger partial charge is 0.119 e. The Morgan fingerprint density at radius 1 is 1.24 bits per heavy atom. The maximum absolute atomic E-state index is 5.87. The lowest BCUT2D eigenvalue weighted by Gasteiger charge is -2.29. The molecule has 1 atom stereocenters. The Hall–Kier alpha value is -1.10. The fourth-order valence-corrected chi connectivity index (χ4v) is 2.98. The molecule has 0 aromatic heterocycles. The standard InChI is InChI=1S/C17H29N3O/c1-3-16-14-19(2)9-4-10-20(16)11-12-21-17-7-5-15(13-18)6-8-17/h5-8,16H,3-4,9-14,18H2,1-2H3. The van der Waals surface area contributed by atoms with E-state index in [4.69, 9.17) is 10.5 Å². The molecule has 2 N–H and O–H groups in total. The maximum atomic E-state index is 5.87. The van der Waals surface area contributed by atoms with E-state index in [1.165, 1.54) is 32.5 Å². The van der Waals surface area contributed by atoms with Gasteiger partial charge in [-0.25, -0.2) is 0 Å². The van der Waals surface area contributed by atoms with Crippen LogP contribution in [0.4, 0.5) is 0 Å². The molecule has 0 radical (unpaired) electrons. The summed E-state index contributed by atoms with van der Waals surface area (Å²) < 4.78 is 5.87. The van der Waals surface area contributed by atoms with Crippen molar-refractivity contribution in [1.29, 1.82) is 0 Å². The van der Waals surface area contributed by atoms with Crippen LogP contribution in [0, 0.1) is 0 Å². The predicted octanol–water partition coefficient (Wildman–Crippen LogP) is 1.94. The molecule has 1 aliphatic rings. The van der Waals surface area contributed by atoms with Crippen LogP contribution < -0.4 is 10.5 Å². The van der Waals surface area contributed by atoms with E-state index < -0.39 is 0 Å². The zero-order valence-electron chi connectivity index (χ0n) is 13.4. The number of nitrogens with zero attached hydrogens (tertiary/aromatic N) is 2. The number of benzene rings is 1. The van der Waals surface area contributed by atoms with Crippen molar-refractivity contribution in [2.75, 3.05) is 39.8 Å². The molecule has 1 saturated heterocycles. The molecule has 0 saturated carbocycles. The summed E-state index contributed by atoms with van der Waals surface area (Å²) in [5.41, 5.74) is 6.75. The molecule has 0 amide bonds. The Labute approximate surface area is 128 Å². The van der Waals surface area contributed by atoms with Crippen molar-refractivity contribution < 1.29 is 4.74 Å². The second kappa shape index (κ2) is 8.37. The van der Waals surface area contributed by atoms with E-state index in [1.54, 1.807) is 0 Å². The number of nitrogens with two attached hydrogens (primary N) is 1. The largest absolute Gasteiger partial charge is 0.492 e. The highest BCUT2D eigenvalue weighted by Crippen LogP contribution is 2.14. The highest BCUT2D eigenvalue weighted by atomic mass is 16.5. The molecule has 1 heterocycles. The Kier molecular flexibility index (Phi) is 6.49. The maximum Gasteiger partial charge on any atom is 0.119 e. The van der Waals surface area contributed by atoms with Gasteiger partial charge in [0, 0.05) is 25.7 Å². The molecule has 21 heavy (non-hydrogen) atoms. The van der Waals surface area contributed by atoms with E-state index in [0.717, 1.165) is 24.5 Å². The van der Waals surface area contributed by atoms with E-state index in [9.17, 15) is 0 Å². The van der Waals surface area contributed by atoms with E-state index in [2.05, 4.69) is 23.8 Å². The van der Waals surface area contributed by atoms with Crippen LogP contribution in [0.2, 0.25) is 0 Å². The summed E-state index contributed by atoms with van der Waals surface area (Å²) >= 11 is 0. The number of likely N-dealkylation sites (N-methyl/N-ethyl adjacent to an activating group) is 1. The monoisotopic (exact) mass is 291 g/mol. The average Bonchev–Trinajstić information content (AvgIpc) is 2.69. The van der Waals surface area contributed by atoms with Crippen molar-refractivity contribution in [3.63, 3.8) is 0 Å². The van der Waals surface area contributed by atoms with Crippen molar-refractivity contribution >= 4 is 0 Å². The summed E-state index contributed by atoms with van der Waals surface area (Å²) in [6.45, 7) is 8.17. The molecule has 4 heteroatoms. The first-order chi connectivity index (χ1) is 10.2. The van der Waals surface area contributed by atoms with E-state index >= 15 is 0 Å². The first kappa shape index (κ1) is 16.3. The van der Waals surface area contributed by atoms with E-state index in [1.807, 2.05) is 24.3 Å². The zero-order valence-corrected chi connectivity index (χ0v) is 13.4. The average molecular weight is 291 g/mol. The van der Waals surface area contributed by atoms with Crippen LogP contribution >= 0.6 is 0 Å².